The number of nitrogens with zero attached hydrogens (tertiary/aromatic N) is 2. The van der Waals surface area contributed by atoms with Crippen LogP contribution >= 0.6 is 23.2 Å². The van der Waals surface area contributed by atoms with E-state index >= 15 is 0 Å². The Hall–Kier alpha value is -3.40. The average molecular weight is 482 g/mol. The zero-order valence-corrected chi connectivity index (χ0v) is 19.8. The minimum atomic E-state index is -0.519. The highest BCUT2D eigenvalue weighted by Gasteiger charge is 2.15. The molecule has 0 fully saturated rings. The maximum atomic E-state index is 9.75. The standard InChI is InChI=1S/C25H21Cl2N3O3/c1-14-6-19(32-13-26)4-5-21(14)30-25-18(11-28)12-29-22-8-17-9-23(31-3)24(33-15(2)27)10-16(17)7-20(22)25/h4-10,12,15H,13H2,1-3H3,(H,29,30). The Balaban J connectivity index is 1.87. The summed E-state index contributed by atoms with van der Waals surface area (Å²) in [5.41, 5.74) is 3.11. The van der Waals surface area contributed by atoms with Gasteiger partial charge in [0, 0.05) is 17.3 Å². The van der Waals surface area contributed by atoms with Gasteiger partial charge in [-0.15, -0.1) is 0 Å². The molecule has 1 heterocycles. The molecule has 6 nitrogen and oxygen atoms in total. The molecule has 0 radical (unpaired) electrons. The number of aryl methyl sites for hydroxylation is 1. The molecule has 1 atom stereocenters. The highest BCUT2D eigenvalue weighted by atomic mass is 35.5. The number of ether oxygens (including phenoxy) is 3. The number of nitriles is 1. The molecule has 1 unspecified atom stereocenters. The van der Waals surface area contributed by atoms with E-state index in [4.69, 9.17) is 37.4 Å². The minimum absolute atomic E-state index is 0.0752. The number of hydrogen-bond acceptors (Lipinski definition) is 6. The molecule has 4 rings (SSSR count). The van der Waals surface area contributed by atoms with E-state index in [9.17, 15) is 5.26 Å². The van der Waals surface area contributed by atoms with Crippen molar-refractivity contribution in [3.05, 3.63) is 59.8 Å². The summed E-state index contributed by atoms with van der Waals surface area (Å²) < 4.78 is 16.5. The molecule has 0 bridgehead atoms. The van der Waals surface area contributed by atoms with Crippen LogP contribution in [0.1, 0.15) is 18.1 Å². The monoisotopic (exact) mass is 481 g/mol. The van der Waals surface area contributed by atoms with Crippen molar-refractivity contribution in [2.75, 3.05) is 18.5 Å². The lowest BCUT2D eigenvalue weighted by Gasteiger charge is -2.16. The summed E-state index contributed by atoms with van der Waals surface area (Å²) in [7, 11) is 1.58. The second-order valence-electron chi connectivity index (χ2n) is 7.39. The molecule has 0 saturated heterocycles. The molecule has 4 aromatic rings. The fraction of sp³-hybridized carbons (Fsp3) is 0.200. The number of alkyl halides is 2. The van der Waals surface area contributed by atoms with Gasteiger partial charge in [0.05, 0.1) is 23.9 Å². The number of methoxy groups -OCH3 is 1. The van der Waals surface area contributed by atoms with E-state index < -0.39 is 5.56 Å². The van der Waals surface area contributed by atoms with Gasteiger partial charge >= 0.3 is 0 Å². The van der Waals surface area contributed by atoms with Crippen molar-refractivity contribution in [2.45, 2.75) is 19.4 Å². The third-order valence-electron chi connectivity index (χ3n) is 5.20. The van der Waals surface area contributed by atoms with Crippen LogP contribution in [-0.4, -0.2) is 23.7 Å². The van der Waals surface area contributed by atoms with Gasteiger partial charge < -0.3 is 19.5 Å². The second-order valence-corrected chi connectivity index (χ2v) is 8.23. The molecular formula is C25H21Cl2N3O3. The fourth-order valence-electron chi connectivity index (χ4n) is 3.66. The number of pyridine rings is 1. The molecule has 0 spiro atoms. The van der Waals surface area contributed by atoms with Crippen LogP contribution in [0.2, 0.25) is 0 Å². The van der Waals surface area contributed by atoms with Crippen molar-refractivity contribution in [3.8, 4) is 23.3 Å². The highest BCUT2D eigenvalue weighted by molar-refractivity contribution is 6.19. The lowest BCUT2D eigenvalue weighted by atomic mass is 10.0. The van der Waals surface area contributed by atoms with Gasteiger partial charge in [-0.1, -0.05) is 23.2 Å². The third-order valence-corrected chi connectivity index (χ3v) is 5.40. The Kier molecular flexibility index (Phi) is 6.64. The van der Waals surface area contributed by atoms with E-state index in [1.165, 1.54) is 0 Å². The first kappa shape index (κ1) is 22.8. The van der Waals surface area contributed by atoms with Crippen LogP contribution in [-0.2, 0) is 0 Å². The first-order valence-electron chi connectivity index (χ1n) is 10.1. The van der Waals surface area contributed by atoms with Crippen molar-refractivity contribution in [2.24, 2.45) is 0 Å². The van der Waals surface area contributed by atoms with E-state index in [2.05, 4.69) is 16.4 Å². The average Bonchev–Trinajstić information content (AvgIpc) is 2.79. The Morgan fingerprint density at radius 1 is 1.12 bits per heavy atom. The van der Waals surface area contributed by atoms with Crippen LogP contribution in [0.25, 0.3) is 21.7 Å². The quantitative estimate of drug-likeness (QED) is 0.229. The van der Waals surface area contributed by atoms with Gasteiger partial charge in [0.2, 0.25) is 0 Å². The second kappa shape index (κ2) is 9.62. The number of hydrogen-bond donors (Lipinski definition) is 1. The summed E-state index contributed by atoms with van der Waals surface area (Å²) in [6.45, 7) is 3.69. The number of fused-ring (bicyclic) bond motifs is 2. The summed E-state index contributed by atoms with van der Waals surface area (Å²) in [4.78, 5) is 4.50. The largest absolute Gasteiger partial charge is 0.493 e. The summed E-state index contributed by atoms with van der Waals surface area (Å²) in [5, 5.41) is 15.8. The Bertz CT molecular complexity index is 1380. The summed E-state index contributed by atoms with van der Waals surface area (Å²) in [6, 6.07) is 15.6. The first-order valence-corrected chi connectivity index (χ1v) is 11.1. The number of nitrogens with one attached hydrogen (secondary N) is 1. The van der Waals surface area contributed by atoms with Gasteiger partial charge in [-0.2, -0.15) is 5.26 Å². The van der Waals surface area contributed by atoms with E-state index in [0.717, 1.165) is 32.9 Å². The normalized spacial score (nSPS) is 11.8. The van der Waals surface area contributed by atoms with E-state index in [1.807, 2.05) is 49.4 Å². The van der Waals surface area contributed by atoms with E-state index in [-0.39, 0.29) is 6.07 Å². The predicted molar refractivity (Wildman–Crippen MR) is 132 cm³/mol. The lowest BCUT2D eigenvalue weighted by Crippen LogP contribution is -2.04. The van der Waals surface area contributed by atoms with Crippen LogP contribution in [0.15, 0.2) is 48.7 Å². The summed E-state index contributed by atoms with van der Waals surface area (Å²) >= 11 is 11.7. The van der Waals surface area contributed by atoms with Crippen LogP contribution in [0.3, 0.4) is 0 Å². The van der Waals surface area contributed by atoms with Gasteiger partial charge in [0.1, 0.15) is 11.8 Å². The Morgan fingerprint density at radius 2 is 1.88 bits per heavy atom. The molecular weight excluding hydrogens is 461 g/mol. The molecule has 0 amide bonds. The fourth-order valence-corrected chi connectivity index (χ4v) is 3.88. The molecule has 1 aromatic heterocycles. The van der Waals surface area contributed by atoms with Crippen LogP contribution < -0.4 is 19.5 Å². The number of anilines is 2. The van der Waals surface area contributed by atoms with Gasteiger partial charge in [0.25, 0.3) is 0 Å². The lowest BCUT2D eigenvalue weighted by molar-refractivity contribution is 0.281. The Labute approximate surface area is 201 Å². The molecule has 0 aliphatic heterocycles. The van der Waals surface area contributed by atoms with Gasteiger partial charge in [-0.3, -0.25) is 4.98 Å². The highest BCUT2D eigenvalue weighted by Crippen LogP contribution is 2.38. The molecule has 168 valence electrons. The van der Waals surface area contributed by atoms with E-state index in [0.29, 0.717) is 28.5 Å². The maximum absolute atomic E-state index is 9.75. The van der Waals surface area contributed by atoms with E-state index in [1.54, 1.807) is 20.2 Å². The SMILES string of the molecule is COc1cc2cc3ncc(C#N)c(Nc4ccc(OCCl)cc4C)c3cc2cc1OC(C)Cl. The van der Waals surface area contributed by atoms with Gasteiger partial charge in [-0.05, 0) is 72.6 Å². The van der Waals surface area contributed by atoms with Crippen molar-refractivity contribution in [1.82, 2.24) is 4.98 Å². The van der Waals surface area contributed by atoms with Crippen molar-refractivity contribution in [3.63, 3.8) is 0 Å². The molecule has 8 heteroatoms. The van der Waals surface area contributed by atoms with Crippen LogP contribution in [0.5, 0.6) is 17.2 Å². The molecule has 0 aliphatic carbocycles. The van der Waals surface area contributed by atoms with Gasteiger partial charge in [-0.25, -0.2) is 0 Å². The smallest absolute Gasteiger partial charge is 0.169 e. The molecule has 3 aromatic carbocycles. The molecule has 1 N–H and O–H groups in total. The molecule has 0 saturated carbocycles. The number of aromatic nitrogens is 1. The van der Waals surface area contributed by atoms with Crippen molar-refractivity contribution < 1.29 is 14.2 Å². The third kappa shape index (κ3) is 4.70. The zero-order chi connectivity index (χ0) is 23.5. The number of rotatable bonds is 7. The summed E-state index contributed by atoms with van der Waals surface area (Å²) in [5.74, 6) is 1.79. The first-order chi connectivity index (χ1) is 15.9. The molecule has 0 aliphatic rings. The van der Waals surface area contributed by atoms with Crippen molar-refractivity contribution in [1.29, 1.82) is 5.26 Å². The zero-order valence-electron chi connectivity index (χ0n) is 18.3. The number of halogens is 2. The Morgan fingerprint density at radius 3 is 2.55 bits per heavy atom. The minimum Gasteiger partial charge on any atom is -0.493 e. The maximum Gasteiger partial charge on any atom is 0.169 e. The predicted octanol–water partition coefficient (Wildman–Crippen LogP) is 6.86. The molecule has 33 heavy (non-hydrogen) atoms. The van der Waals surface area contributed by atoms with Crippen LogP contribution in [0.4, 0.5) is 11.4 Å². The topological polar surface area (TPSA) is 76.4 Å². The number of benzene rings is 3. The van der Waals surface area contributed by atoms with Crippen molar-refractivity contribution >= 4 is 56.3 Å². The van der Waals surface area contributed by atoms with Gasteiger partial charge in [0.15, 0.2) is 23.1 Å². The summed E-state index contributed by atoms with van der Waals surface area (Å²) in [6.07, 6.45) is 1.57. The van der Waals surface area contributed by atoms with Crippen LogP contribution in [0, 0.1) is 18.3 Å².